The van der Waals surface area contributed by atoms with Crippen LogP contribution in [0.15, 0.2) is 34.2 Å². The van der Waals surface area contributed by atoms with E-state index in [0.717, 1.165) is 18.2 Å². The third-order valence-corrected chi connectivity index (χ3v) is 7.14. The van der Waals surface area contributed by atoms with Crippen LogP contribution in [0.3, 0.4) is 0 Å². The molecule has 0 spiro atoms. The zero-order valence-electron chi connectivity index (χ0n) is 15.2. The second-order valence-electron chi connectivity index (χ2n) is 6.52. The molecule has 10 heteroatoms. The van der Waals surface area contributed by atoms with Gasteiger partial charge in [0.05, 0.1) is 22.8 Å². The van der Waals surface area contributed by atoms with E-state index in [-0.39, 0.29) is 35.2 Å². The highest BCUT2D eigenvalue weighted by Gasteiger charge is 2.36. The quantitative estimate of drug-likeness (QED) is 0.638. The van der Waals surface area contributed by atoms with Gasteiger partial charge in [-0.2, -0.15) is 0 Å². The number of amides is 1. The average Bonchev–Trinajstić information content (AvgIpc) is 3.27. The summed E-state index contributed by atoms with van der Waals surface area (Å²) in [6.07, 6.45) is 4.53. The lowest BCUT2D eigenvalue weighted by atomic mass is 10.1. The molecule has 0 aliphatic carbocycles. The van der Waals surface area contributed by atoms with Crippen LogP contribution in [-0.2, 0) is 14.6 Å². The maximum atomic E-state index is 12.8. The van der Waals surface area contributed by atoms with Crippen molar-refractivity contribution in [1.29, 1.82) is 0 Å². The minimum Gasteiger partial charge on any atom is -0.411 e. The van der Waals surface area contributed by atoms with Gasteiger partial charge in [-0.3, -0.25) is 9.78 Å². The zero-order valence-corrected chi connectivity index (χ0v) is 16.9. The molecule has 1 saturated heterocycles. The molecule has 27 heavy (non-hydrogen) atoms. The van der Waals surface area contributed by atoms with E-state index in [1.54, 1.807) is 23.4 Å². The molecule has 1 amide bonds. The molecule has 0 saturated carbocycles. The topological polar surface area (TPSA) is 106 Å². The van der Waals surface area contributed by atoms with Gasteiger partial charge in [-0.15, -0.1) is 10.2 Å². The van der Waals surface area contributed by atoms with Crippen molar-refractivity contribution in [3.05, 3.63) is 24.5 Å². The van der Waals surface area contributed by atoms with E-state index >= 15 is 0 Å². The van der Waals surface area contributed by atoms with Crippen LogP contribution in [-0.4, -0.2) is 63.7 Å². The number of carbonyl (C=O) groups excluding carboxylic acids is 1. The molecule has 1 fully saturated rings. The van der Waals surface area contributed by atoms with Crippen LogP contribution >= 0.6 is 11.8 Å². The van der Waals surface area contributed by atoms with Crippen LogP contribution in [0.25, 0.3) is 11.5 Å². The van der Waals surface area contributed by atoms with Crippen LogP contribution in [0.1, 0.15) is 26.7 Å². The SMILES string of the molecule is CC[C@@H](C)N(C(=O)CSc1nnc(-c2cccnc2)o1)[C@H]1CCS(=O)(=O)C1. The molecule has 1 aliphatic heterocycles. The average molecular weight is 411 g/mol. The fourth-order valence-corrected chi connectivity index (χ4v) is 5.42. The van der Waals surface area contributed by atoms with Crippen molar-refractivity contribution in [3.63, 3.8) is 0 Å². The number of aromatic nitrogens is 3. The fraction of sp³-hybridized carbons (Fsp3) is 0.529. The number of rotatable bonds is 7. The summed E-state index contributed by atoms with van der Waals surface area (Å²) in [7, 11) is -3.06. The molecule has 3 rings (SSSR count). The van der Waals surface area contributed by atoms with Crippen molar-refractivity contribution in [2.75, 3.05) is 17.3 Å². The van der Waals surface area contributed by atoms with Gasteiger partial charge in [0, 0.05) is 24.5 Å². The Hall–Kier alpha value is -1.94. The van der Waals surface area contributed by atoms with E-state index in [0.29, 0.717) is 23.1 Å². The first-order valence-electron chi connectivity index (χ1n) is 8.78. The third kappa shape index (κ3) is 4.86. The molecule has 3 heterocycles. The van der Waals surface area contributed by atoms with Crippen LogP contribution < -0.4 is 0 Å². The van der Waals surface area contributed by atoms with Crippen LogP contribution in [0.2, 0.25) is 0 Å². The summed E-state index contributed by atoms with van der Waals surface area (Å²) in [6.45, 7) is 3.93. The van der Waals surface area contributed by atoms with Crippen molar-refractivity contribution in [3.8, 4) is 11.5 Å². The lowest BCUT2D eigenvalue weighted by molar-refractivity contribution is -0.132. The van der Waals surface area contributed by atoms with Gasteiger partial charge in [-0.25, -0.2) is 8.42 Å². The van der Waals surface area contributed by atoms with Gasteiger partial charge in [-0.05, 0) is 31.9 Å². The highest BCUT2D eigenvalue weighted by Crippen LogP contribution is 2.25. The normalized spacial score (nSPS) is 19.7. The number of hydrogen-bond donors (Lipinski definition) is 0. The molecular formula is C17H22N4O4S2. The molecule has 0 unspecified atom stereocenters. The molecule has 2 atom stereocenters. The van der Waals surface area contributed by atoms with Gasteiger partial charge in [0.15, 0.2) is 9.84 Å². The highest BCUT2D eigenvalue weighted by molar-refractivity contribution is 7.99. The molecule has 0 aromatic carbocycles. The monoisotopic (exact) mass is 410 g/mol. The number of thioether (sulfide) groups is 1. The second-order valence-corrected chi connectivity index (χ2v) is 9.67. The largest absolute Gasteiger partial charge is 0.411 e. The van der Waals surface area contributed by atoms with Gasteiger partial charge in [0.25, 0.3) is 5.22 Å². The molecular weight excluding hydrogens is 388 g/mol. The zero-order chi connectivity index (χ0) is 19.4. The van der Waals surface area contributed by atoms with Gasteiger partial charge in [0.1, 0.15) is 0 Å². The van der Waals surface area contributed by atoms with Gasteiger partial charge < -0.3 is 9.32 Å². The molecule has 146 valence electrons. The second kappa shape index (κ2) is 8.39. The van der Waals surface area contributed by atoms with E-state index in [2.05, 4.69) is 15.2 Å². The summed E-state index contributed by atoms with van der Waals surface area (Å²) in [5.41, 5.74) is 0.709. The maximum Gasteiger partial charge on any atom is 0.277 e. The van der Waals surface area contributed by atoms with E-state index in [1.807, 2.05) is 19.9 Å². The fourth-order valence-electron chi connectivity index (χ4n) is 3.07. The molecule has 2 aromatic rings. The molecule has 0 radical (unpaired) electrons. The number of nitrogens with zero attached hydrogens (tertiary/aromatic N) is 4. The van der Waals surface area contributed by atoms with Crippen molar-refractivity contribution in [2.24, 2.45) is 0 Å². The predicted molar refractivity (Wildman–Crippen MR) is 102 cm³/mol. The number of pyridine rings is 1. The Morgan fingerprint density at radius 3 is 2.89 bits per heavy atom. The van der Waals surface area contributed by atoms with Crippen LogP contribution in [0.4, 0.5) is 0 Å². The Kier molecular flexibility index (Phi) is 6.15. The standard InChI is InChI=1S/C17H22N4O4S2/c1-3-12(2)21(14-6-8-27(23,24)11-14)15(22)10-26-17-20-19-16(25-17)13-5-4-7-18-9-13/h4-5,7,9,12,14H,3,6,8,10-11H2,1-2H3/t12-,14+/m1/s1. The summed E-state index contributed by atoms with van der Waals surface area (Å²) in [5.74, 6) is 0.536. The lowest BCUT2D eigenvalue weighted by Gasteiger charge is -2.33. The summed E-state index contributed by atoms with van der Waals surface area (Å²) in [4.78, 5) is 18.5. The van der Waals surface area contributed by atoms with Gasteiger partial charge >= 0.3 is 0 Å². The highest BCUT2D eigenvalue weighted by atomic mass is 32.2. The third-order valence-electron chi connectivity index (χ3n) is 4.59. The lowest BCUT2D eigenvalue weighted by Crippen LogP contribution is -2.47. The van der Waals surface area contributed by atoms with E-state index < -0.39 is 9.84 Å². The van der Waals surface area contributed by atoms with E-state index in [1.165, 1.54) is 0 Å². The number of carbonyl (C=O) groups is 1. The summed E-state index contributed by atoms with van der Waals surface area (Å²) < 4.78 is 29.2. The Bertz CT molecular complexity index is 885. The van der Waals surface area contributed by atoms with E-state index in [9.17, 15) is 13.2 Å². The summed E-state index contributed by atoms with van der Waals surface area (Å²) in [5, 5.41) is 8.23. The van der Waals surface area contributed by atoms with Crippen molar-refractivity contribution in [2.45, 2.75) is 44.0 Å². The predicted octanol–water partition coefficient (Wildman–Crippen LogP) is 2.04. The first-order valence-corrected chi connectivity index (χ1v) is 11.6. The first kappa shape index (κ1) is 19.8. The first-order chi connectivity index (χ1) is 12.9. The molecule has 1 aliphatic rings. The molecule has 8 nitrogen and oxygen atoms in total. The summed E-state index contributed by atoms with van der Waals surface area (Å²) in [6, 6.07) is 3.30. The van der Waals surface area contributed by atoms with Crippen molar-refractivity contribution < 1.29 is 17.6 Å². The maximum absolute atomic E-state index is 12.8. The Morgan fingerprint density at radius 2 is 2.26 bits per heavy atom. The minimum absolute atomic E-state index is 0.0231. The van der Waals surface area contributed by atoms with Crippen molar-refractivity contribution >= 4 is 27.5 Å². The van der Waals surface area contributed by atoms with Crippen molar-refractivity contribution in [1.82, 2.24) is 20.1 Å². The Labute approximate surface area is 162 Å². The molecule has 2 aromatic heterocycles. The van der Waals surface area contributed by atoms with Crippen LogP contribution in [0.5, 0.6) is 0 Å². The minimum atomic E-state index is -3.06. The van der Waals surface area contributed by atoms with Crippen LogP contribution in [0, 0.1) is 0 Å². The molecule has 0 bridgehead atoms. The Balaban J connectivity index is 1.65. The van der Waals surface area contributed by atoms with Gasteiger partial charge in [0.2, 0.25) is 11.8 Å². The Morgan fingerprint density at radius 1 is 1.44 bits per heavy atom. The van der Waals surface area contributed by atoms with E-state index in [4.69, 9.17) is 4.42 Å². The molecule has 0 N–H and O–H groups in total. The smallest absolute Gasteiger partial charge is 0.277 e. The van der Waals surface area contributed by atoms with Gasteiger partial charge in [-0.1, -0.05) is 18.7 Å². The number of hydrogen-bond acceptors (Lipinski definition) is 8. The summed E-state index contributed by atoms with van der Waals surface area (Å²) >= 11 is 1.16. The number of sulfone groups is 1.